The first-order valence-electron chi connectivity index (χ1n) is 13.0. The standard InChI is InChI=1S/C29H34ClN3O4S/c1-3-26(29(35)31-23-14-6-7-15-23)32(19-22-12-5-9-17-25(22)30)28(34)20-33(38(2,36)37)27-18-10-13-21-11-4-8-16-24(21)27/h4-5,8-13,16-18,23,26H,3,6-7,14-15,19-20H2,1-2H3,(H,31,35)/t26-/m0/s1. The number of hydrogen-bond acceptors (Lipinski definition) is 4. The number of anilines is 1. The van der Waals surface area contributed by atoms with Gasteiger partial charge in [-0.15, -0.1) is 0 Å². The molecule has 1 saturated carbocycles. The third-order valence-electron chi connectivity index (χ3n) is 7.10. The van der Waals surface area contributed by atoms with Crippen molar-refractivity contribution >= 4 is 49.9 Å². The highest BCUT2D eigenvalue weighted by Crippen LogP contribution is 2.29. The lowest BCUT2D eigenvalue weighted by molar-refractivity contribution is -0.140. The Labute approximate surface area is 229 Å². The molecule has 7 nitrogen and oxygen atoms in total. The van der Waals surface area contributed by atoms with Gasteiger partial charge in [0.2, 0.25) is 21.8 Å². The maximum atomic E-state index is 14.0. The number of carbonyl (C=O) groups is 2. The zero-order chi connectivity index (χ0) is 27.3. The minimum atomic E-state index is -3.83. The molecule has 202 valence electrons. The van der Waals surface area contributed by atoms with Gasteiger partial charge in [-0.25, -0.2) is 8.42 Å². The number of fused-ring (bicyclic) bond motifs is 1. The summed E-state index contributed by atoms with van der Waals surface area (Å²) in [4.78, 5) is 28.8. The number of nitrogens with zero attached hydrogens (tertiary/aromatic N) is 2. The fourth-order valence-corrected chi connectivity index (χ4v) is 6.17. The van der Waals surface area contributed by atoms with Gasteiger partial charge in [0.25, 0.3) is 0 Å². The fourth-order valence-electron chi connectivity index (χ4n) is 5.12. The Morgan fingerprint density at radius 3 is 2.34 bits per heavy atom. The molecule has 1 fully saturated rings. The Balaban J connectivity index is 1.69. The van der Waals surface area contributed by atoms with Crippen molar-refractivity contribution in [2.24, 2.45) is 0 Å². The quantitative estimate of drug-likeness (QED) is 0.376. The van der Waals surface area contributed by atoms with Crippen LogP contribution in [0.4, 0.5) is 5.69 Å². The van der Waals surface area contributed by atoms with E-state index in [1.54, 1.807) is 24.3 Å². The van der Waals surface area contributed by atoms with Gasteiger partial charge in [-0.3, -0.25) is 13.9 Å². The number of sulfonamides is 1. The van der Waals surface area contributed by atoms with Gasteiger partial charge in [0.1, 0.15) is 12.6 Å². The van der Waals surface area contributed by atoms with Gasteiger partial charge in [-0.05, 0) is 42.3 Å². The molecule has 1 N–H and O–H groups in total. The Morgan fingerprint density at radius 1 is 1.00 bits per heavy atom. The predicted molar refractivity (Wildman–Crippen MR) is 153 cm³/mol. The molecule has 0 spiro atoms. The maximum Gasteiger partial charge on any atom is 0.244 e. The highest BCUT2D eigenvalue weighted by molar-refractivity contribution is 7.92. The van der Waals surface area contributed by atoms with Gasteiger partial charge in [0.15, 0.2) is 0 Å². The SMILES string of the molecule is CC[C@@H](C(=O)NC1CCCC1)N(Cc1ccccc1Cl)C(=O)CN(c1cccc2ccccc12)S(C)(=O)=O. The van der Waals surface area contributed by atoms with E-state index >= 15 is 0 Å². The van der Waals surface area contributed by atoms with Gasteiger partial charge in [0.05, 0.1) is 11.9 Å². The second-order valence-electron chi connectivity index (χ2n) is 9.79. The minimum Gasteiger partial charge on any atom is -0.352 e. The van der Waals surface area contributed by atoms with Crippen molar-refractivity contribution in [2.45, 2.75) is 57.7 Å². The van der Waals surface area contributed by atoms with Crippen LogP contribution in [-0.4, -0.2) is 50.0 Å². The van der Waals surface area contributed by atoms with Gasteiger partial charge in [-0.2, -0.15) is 0 Å². The highest BCUT2D eigenvalue weighted by atomic mass is 35.5. The zero-order valence-electron chi connectivity index (χ0n) is 21.8. The lowest BCUT2D eigenvalue weighted by atomic mass is 10.1. The molecule has 0 bridgehead atoms. The van der Waals surface area contributed by atoms with Gasteiger partial charge in [-0.1, -0.05) is 86.0 Å². The monoisotopic (exact) mass is 555 g/mol. The van der Waals surface area contributed by atoms with Crippen LogP contribution in [-0.2, 0) is 26.2 Å². The fraction of sp³-hybridized carbons (Fsp3) is 0.379. The molecule has 0 heterocycles. The molecule has 4 rings (SSSR count). The van der Waals surface area contributed by atoms with Crippen molar-refractivity contribution in [3.63, 3.8) is 0 Å². The first-order chi connectivity index (χ1) is 18.2. The summed E-state index contributed by atoms with van der Waals surface area (Å²) in [6, 6.07) is 19.3. The molecule has 38 heavy (non-hydrogen) atoms. The first kappa shape index (κ1) is 27.9. The van der Waals surface area contributed by atoms with Crippen molar-refractivity contribution in [3.8, 4) is 0 Å². The summed E-state index contributed by atoms with van der Waals surface area (Å²) in [7, 11) is -3.83. The third-order valence-corrected chi connectivity index (χ3v) is 8.60. The molecule has 0 aliphatic heterocycles. The van der Waals surface area contributed by atoms with E-state index in [1.807, 2.05) is 49.4 Å². The molecule has 3 aromatic carbocycles. The molecule has 1 atom stereocenters. The summed E-state index contributed by atoms with van der Waals surface area (Å²) < 4.78 is 27.1. The molecule has 0 saturated heterocycles. The van der Waals surface area contributed by atoms with Crippen LogP contribution < -0.4 is 9.62 Å². The smallest absolute Gasteiger partial charge is 0.244 e. The van der Waals surface area contributed by atoms with Crippen LogP contribution in [0.15, 0.2) is 66.7 Å². The van der Waals surface area contributed by atoms with E-state index < -0.39 is 28.5 Å². The van der Waals surface area contributed by atoms with Crippen molar-refractivity contribution in [2.75, 3.05) is 17.1 Å². The number of rotatable bonds is 10. The average molecular weight is 556 g/mol. The van der Waals surface area contributed by atoms with E-state index in [9.17, 15) is 18.0 Å². The topological polar surface area (TPSA) is 86.8 Å². The molecule has 9 heteroatoms. The summed E-state index contributed by atoms with van der Waals surface area (Å²) in [6.45, 7) is 1.50. The van der Waals surface area contributed by atoms with E-state index in [4.69, 9.17) is 11.6 Å². The maximum absolute atomic E-state index is 14.0. The summed E-state index contributed by atoms with van der Waals surface area (Å²) in [6.07, 6.45) is 5.44. The van der Waals surface area contributed by atoms with E-state index in [-0.39, 0.29) is 18.5 Å². The summed E-state index contributed by atoms with van der Waals surface area (Å²) in [5, 5.41) is 5.17. The third kappa shape index (κ3) is 6.48. The predicted octanol–water partition coefficient (Wildman–Crippen LogP) is 5.13. The molecular formula is C29H34ClN3O4S. The second-order valence-corrected chi connectivity index (χ2v) is 12.1. The number of nitrogens with one attached hydrogen (secondary N) is 1. The Morgan fingerprint density at radius 2 is 1.66 bits per heavy atom. The van der Waals surface area contributed by atoms with Gasteiger partial charge < -0.3 is 10.2 Å². The minimum absolute atomic E-state index is 0.0856. The molecule has 3 aromatic rings. The molecule has 0 aromatic heterocycles. The molecule has 0 unspecified atom stereocenters. The zero-order valence-corrected chi connectivity index (χ0v) is 23.3. The van der Waals surface area contributed by atoms with E-state index in [0.29, 0.717) is 22.7 Å². The van der Waals surface area contributed by atoms with Crippen molar-refractivity contribution in [3.05, 3.63) is 77.3 Å². The van der Waals surface area contributed by atoms with E-state index in [0.717, 1.165) is 47.0 Å². The first-order valence-corrected chi connectivity index (χ1v) is 15.2. The van der Waals surface area contributed by atoms with Crippen LogP contribution >= 0.6 is 11.6 Å². The largest absolute Gasteiger partial charge is 0.352 e. The number of benzene rings is 3. The summed E-state index contributed by atoms with van der Waals surface area (Å²) in [5.74, 6) is -0.701. The average Bonchev–Trinajstić information content (AvgIpc) is 3.40. The van der Waals surface area contributed by atoms with E-state index in [1.165, 1.54) is 4.90 Å². The summed E-state index contributed by atoms with van der Waals surface area (Å²) in [5.41, 5.74) is 1.10. The van der Waals surface area contributed by atoms with Crippen LogP contribution in [0.3, 0.4) is 0 Å². The Hall–Kier alpha value is -3.10. The lowest BCUT2D eigenvalue weighted by Crippen LogP contribution is -2.53. The molecule has 2 amide bonds. The normalized spacial score (nSPS) is 14.8. The van der Waals surface area contributed by atoms with Crippen LogP contribution in [0.25, 0.3) is 10.8 Å². The number of amides is 2. The van der Waals surface area contributed by atoms with Crippen LogP contribution in [0.5, 0.6) is 0 Å². The van der Waals surface area contributed by atoms with Gasteiger partial charge in [0, 0.05) is 23.0 Å². The summed E-state index contributed by atoms with van der Waals surface area (Å²) >= 11 is 6.43. The van der Waals surface area contributed by atoms with Crippen molar-refractivity contribution in [1.82, 2.24) is 10.2 Å². The number of halogens is 1. The number of hydrogen-bond donors (Lipinski definition) is 1. The Bertz CT molecular complexity index is 1400. The number of carbonyl (C=O) groups excluding carboxylic acids is 2. The second kappa shape index (κ2) is 12.2. The molecule has 1 aliphatic rings. The molecular weight excluding hydrogens is 522 g/mol. The van der Waals surface area contributed by atoms with Crippen LogP contribution in [0, 0.1) is 0 Å². The van der Waals surface area contributed by atoms with Crippen LogP contribution in [0.2, 0.25) is 5.02 Å². The van der Waals surface area contributed by atoms with E-state index in [2.05, 4.69) is 5.32 Å². The highest BCUT2D eigenvalue weighted by Gasteiger charge is 2.33. The molecule has 0 radical (unpaired) electrons. The Kier molecular flexibility index (Phi) is 8.95. The molecule has 1 aliphatic carbocycles. The van der Waals surface area contributed by atoms with Crippen molar-refractivity contribution < 1.29 is 18.0 Å². The van der Waals surface area contributed by atoms with Crippen molar-refractivity contribution in [1.29, 1.82) is 0 Å². The van der Waals surface area contributed by atoms with Crippen LogP contribution in [0.1, 0.15) is 44.6 Å². The van der Waals surface area contributed by atoms with Gasteiger partial charge >= 0.3 is 0 Å². The lowest BCUT2D eigenvalue weighted by Gasteiger charge is -2.33.